The van der Waals surface area contributed by atoms with E-state index in [2.05, 4.69) is 6.58 Å². The Morgan fingerprint density at radius 2 is 1.35 bits per heavy atom. The van der Waals surface area contributed by atoms with Gasteiger partial charge < -0.3 is 10.2 Å². The third-order valence-corrected chi connectivity index (χ3v) is 2.05. The monoisotopic (exact) mass is 234 g/mol. The first-order valence-electron chi connectivity index (χ1n) is 5.04. The third-order valence-electron chi connectivity index (χ3n) is 2.05. The molecule has 4 nitrogen and oxygen atoms in total. The van der Waals surface area contributed by atoms with Crippen LogP contribution in [0.4, 0.5) is 0 Å². The predicted molar refractivity (Wildman–Crippen MR) is 62.8 cm³/mol. The Labute approximate surface area is 99.2 Å². The van der Waals surface area contributed by atoms with Crippen molar-refractivity contribution in [2.45, 2.75) is 19.6 Å². The summed E-state index contributed by atoms with van der Waals surface area (Å²) in [6.07, 6.45) is 0. The highest BCUT2D eigenvalue weighted by Gasteiger charge is 2.50. The van der Waals surface area contributed by atoms with E-state index >= 15 is 0 Å². The van der Waals surface area contributed by atoms with E-state index in [1.165, 1.54) is 17.7 Å². The Kier molecular flexibility index (Phi) is 3.60. The molecule has 0 heterocycles. The van der Waals surface area contributed by atoms with Gasteiger partial charge >= 0.3 is 0 Å². The first-order chi connectivity index (χ1) is 7.78. The number of carbonyl (C=O) groups is 2. The number of Topliss-reactive ketones (excluding diaryl/α,β-unsaturated/α-hetero) is 2. The number of allylic oxidation sites excluding steroid dienone is 1. The summed E-state index contributed by atoms with van der Waals surface area (Å²) in [4.78, 5) is 22.4. The van der Waals surface area contributed by atoms with Gasteiger partial charge in [-0.25, -0.2) is 0 Å². The molecule has 4 heteroatoms. The van der Waals surface area contributed by atoms with Crippen molar-refractivity contribution in [2.24, 2.45) is 0 Å². The molecule has 0 atom stereocenters. The number of ketones is 2. The van der Waals surface area contributed by atoms with Crippen LogP contribution < -0.4 is 0 Å². The molecule has 0 saturated heterocycles. The highest BCUT2D eigenvalue weighted by molar-refractivity contribution is 6.30. The maximum Gasteiger partial charge on any atom is 0.295 e. The van der Waals surface area contributed by atoms with Crippen LogP contribution in [0.3, 0.4) is 0 Å². The van der Waals surface area contributed by atoms with Crippen molar-refractivity contribution < 1.29 is 19.8 Å². The molecule has 90 valence electrons. The van der Waals surface area contributed by atoms with Gasteiger partial charge in [0.15, 0.2) is 0 Å². The lowest BCUT2D eigenvalue weighted by molar-refractivity contribution is -0.0857. The van der Waals surface area contributed by atoms with Gasteiger partial charge in [-0.1, -0.05) is 29.8 Å². The molecule has 1 aliphatic rings. The van der Waals surface area contributed by atoms with Gasteiger partial charge in [0.2, 0.25) is 11.6 Å². The minimum Gasteiger partial charge on any atom is -0.353 e. The van der Waals surface area contributed by atoms with Crippen molar-refractivity contribution in [1.29, 1.82) is 0 Å². The minimum atomic E-state index is -2.86. The van der Waals surface area contributed by atoms with Gasteiger partial charge in [0, 0.05) is 11.1 Å². The van der Waals surface area contributed by atoms with E-state index in [9.17, 15) is 9.59 Å². The number of carbonyl (C=O) groups excluding carboxylic acids is 2. The summed E-state index contributed by atoms with van der Waals surface area (Å²) in [6, 6.07) is 5.91. The smallest absolute Gasteiger partial charge is 0.295 e. The zero-order chi connectivity index (χ0) is 13.2. The molecule has 0 radical (unpaired) electrons. The second-order valence-electron chi connectivity index (χ2n) is 4.08. The largest absolute Gasteiger partial charge is 0.353 e. The summed E-state index contributed by atoms with van der Waals surface area (Å²) < 4.78 is 0. The van der Waals surface area contributed by atoms with Gasteiger partial charge in [0.1, 0.15) is 0 Å². The van der Waals surface area contributed by atoms with E-state index in [4.69, 9.17) is 10.2 Å². The molecule has 0 unspecified atom stereocenters. The van der Waals surface area contributed by atoms with Crippen LogP contribution in [0, 0.1) is 0 Å². The van der Waals surface area contributed by atoms with E-state index < -0.39 is 17.4 Å². The van der Waals surface area contributed by atoms with Crippen molar-refractivity contribution in [3.05, 3.63) is 47.5 Å². The fourth-order valence-electron chi connectivity index (χ4n) is 1.36. The zero-order valence-electron chi connectivity index (χ0n) is 9.73. The Balaban J connectivity index is 0.000000317. The summed E-state index contributed by atoms with van der Waals surface area (Å²) in [5, 5.41) is 18.2. The van der Waals surface area contributed by atoms with E-state index in [1.807, 2.05) is 13.8 Å². The van der Waals surface area contributed by atoms with Gasteiger partial charge in [0.25, 0.3) is 5.79 Å². The molecule has 0 saturated carbocycles. The standard InChI is InChI=1S/C9H6O4.C4H8/c10-7-5-3-1-2-4-6(5)8(11)9(7,12)13;1-4(2)3/h1-4,12-13H;1H2,2-3H3. The summed E-state index contributed by atoms with van der Waals surface area (Å²) in [5.74, 6) is -4.76. The van der Waals surface area contributed by atoms with Crippen LogP contribution in [0.2, 0.25) is 0 Å². The van der Waals surface area contributed by atoms with Crippen molar-refractivity contribution in [1.82, 2.24) is 0 Å². The van der Waals surface area contributed by atoms with E-state index in [0.29, 0.717) is 0 Å². The Morgan fingerprint density at radius 3 is 1.65 bits per heavy atom. The molecule has 1 aromatic rings. The van der Waals surface area contributed by atoms with Crippen LogP contribution in [-0.4, -0.2) is 27.6 Å². The molecule has 0 aliphatic heterocycles. The van der Waals surface area contributed by atoms with E-state index in [-0.39, 0.29) is 11.1 Å². The summed E-state index contributed by atoms with van der Waals surface area (Å²) >= 11 is 0. The molecule has 0 fully saturated rings. The summed E-state index contributed by atoms with van der Waals surface area (Å²) in [6.45, 7) is 7.50. The van der Waals surface area contributed by atoms with Crippen LogP contribution in [0.25, 0.3) is 0 Å². The van der Waals surface area contributed by atoms with Crippen LogP contribution in [0.5, 0.6) is 0 Å². The third kappa shape index (κ3) is 2.49. The first kappa shape index (κ1) is 13.3. The van der Waals surface area contributed by atoms with Crippen LogP contribution >= 0.6 is 0 Å². The number of fused-ring (bicyclic) bond motifs is 1. The maximum atomic E-state index is 11.2. The van der Waals surface area contributed by atoms with Crippen molar-refractivity contribution in [3.8, 4) is 0 Å². The lowest BCUT2D eigenvalue weighted by Gasteiger charge is -2.08. The lowest BCUT2D eigenvalue weighted by atomic mass is 10.1. The first-order valence-corrected chi connectivity index (χ1v) is 5.04. The number of rotatable bonds is 0. The van der Waals surface area contributed by atoms with Crippen LogP contribution in [-0.2, 0) is 0 Å². The van der Waals surface area contributed by atoms with Gasteiger partial charge in [-0.3, -0.25) is 9.59 Å². The number of benzene rings is 1. The van der Waals surface area contributed by atoms with E-state index in [0.717, 1.165) is 0 Å². The second-order valence-corrected chi connectivity index (χ2v) is 4.08. The fourth-order valence-corrected chi connectivity index (χ4v) is 1.36. The van der Waals surface area contributed by atoms with Crippen molar-refractivity contribution in [2.75, 3.05) is 0 Å². The Bertz CT molecular complexity index is 445. The molecule has 0 aromatic heterocycles. The van der Waals surface area contributed by atoms with Gasteiger partial charge in [-0.2, -0.15) is 0 Å². The quantitative estimate of drug-likeness (QED) is 0.403. The highest BCUT2D eigenvalue weighted by Crippen LogP contribution is 2.27. The highest BCUT2D eigenvalue weighted by atomic mass is 16.5. The molecule has 2 N–H and O–H groups in total. The molecule has 1 aromatic carbocycles. The van der Waals surface area contributed by atoms with E-state index in [1.54, 1.807) is 12.1 Å². The molecule has 0 spiro atoms. The minimum absolute atomic E-state index is 0.0671. The predicted octanol–water partition coefficient (Wildman–Crippen LogP) is 1.33. The van der Waals surface area contributed by atoms with Gasteiger partial charge in [-0.15, -0.1) is 6.58 Å². The average molecular weight is 234 g/mol. The molecular formula is C13H14O4. The van der Waals surface area contributed by atoms with Gasteiger partial charge in [-0.05, 0) is 13.8 Å². The Hall–Kier alpha value is -1.78. The fraction of sp³-hybridized carbons (Fsp3) is 0.231. The van der Waals surface area contributed by atoms with Crippen molar-refractivity contribution in [3.63, 3.8) is 0 Å². The molecule has 0 amide bonds. The normalized spacial score (nSPS) is 16.0. The van der Waals surface area contributed by atoms with Crippen molar-refractivity contribution >= 4 is 11.6 Å². The van der Waals surface area contributed by atoms with Crippen LogP contribution in [0.1, 0.15) is 34.6 Å². The van der Waals surface area contributed by atoms with Crippen LogP contribution in [0.15, 0.2) is 36.4 Å². The molecule has 2 rings (SSSR count). The average Bonchev–Trinajstić information content (AvgIpc) is 2.41. The molecular weight excluding hydrogens is 220 g/mol. The maximum absolute atomic E-state index is 11.2. The zero-order valence-corrected chi connectivity index (χ0v) is 9.73. The molecule has 1 aliphatic carbocycles. The second kappa shape index (κ2) is 4.61. The number of hydrogen-bond acceptors (Lipinski definition) is 4. The van der Waals surface area contributed by atoms with Gasteiger partial charge in [0.05, 0.1) is 0 Å². The Morgan fingerprint density at radius 1 is 1.06 bits per heavy atom. The molecule has 0 bridgehead atoms. The number of aliphatic hydroxyl groups is 2. The summed E-state index contributed by atoms with van der Waals surface area (Å²) in [7, 11) is 0. The molecule has 17 heavy (non-hydrogen) atoms. The SMILES string of the molecule is C=C(C)C.O=C1c2ccccc2C(=O)C1(O)O. The topological polar surface area (TPSA) is 74.6 Å². The number of hydrogen-bond donors (Lipinski definition) is 2. The lowest BCUT2D eigenvalue weighted by Crippen LogP contribution is -2.40. The summed E-state index contributed by atoms with van der Waals surface area (Å²) in [5.41, 5.74) is 1.30.